The van der Waals surface area contributed by atoms with E-state index >= 15 is 0 Å². The molecule has 0 saturated heterocycles. The number of halogens is 1. The van der Waals surface area contributed by atoms with Crippen LogP contribution < -0.4 is 4.90 Å². The number of hydrogen-bond acceptors (Lipinski definition) is 3. The lowest BCUT2D eigenvalue weighted by atomic mass is 10.2. The zero-order valence-corrected chi connectivity index (χ0v) is 12.5. The Morgan fingerprint density at radius 1 is 1.17 bits per heavy atom. The van der Waals surface area contributed by atoms with Crippen molar-refractivity contribution in [3.05, 3.63) is 24.3 Å². The molecule has 0 aliphatic carbocycles. The van der Waals surface area contributed by atoms with Crippen LogP contribution in [0.3, 0.4) is 0 Å². The third-order valence-corrected chi connectivity index (χ3v) is 4.06. The topological polar surface area (TPSA) is 37.4 Å². The van der Waals surface area contributed by atoms with Crippen LogP contribution in [0.15, 0.2) is 29.2 Å². The van der Waals surface area contributed by atoms with Gasteiger partial charge in [-0.25, -0.2) is 8.42 Å². The Balaban J connectivity index is 2.86. The molecule has 1 aromatic carbocycles. The summed E-state index contributed by atoms with van der Waals surface area (Å²) in [6.07, 6.45) is 3.44. The van der Waals surface area contributed by atoms with Crippen LogP contribution in [0.25, 0.3) is 0 Å². The van der Waals surface area contributed by atoms with Crippen LogP contribution in [0.4, 0.5) is 5.69 Å². The van der Waals surface area contributed by atoms with E-state index < -0.39 is 9.84 Å². The van der Waals surface area contributed by atoms with E-state index in [1.807, 2.05) is 12.1 Å². The highest BCUT2D eigenvalue weighted by molar-refractivity contribution is 7.90. The SMILES string of the molecule is CCCCN(CCCl)c1ccc(S(C)(=O)=O)cc1. The average Bonchev–Trinajstić information content (AvgIpc) is 2.33. The van der Waals surface area contributed by atoms with E-state index in [0.29, 0.717) is 10.8 Å². The van der Waals surface area contributed by atoms with Crippen LogP contribution in [0, 0.1) is 0 Å². The number of hydrogen-bond donors (Lipinski definition) is 0. The van der Waals surface area contributed by atoms with E-state index in [-0.39, 0.29) is 0 Å². The molecule has 1 rings (SSSR count). The number of nitrogens with zero attached hydrogens (tertiary/aromatic N) is 1. The summed E-state index contributed by atoms with van der Waals surface area (Å²) in [6, 6.07) is 6.99. The van der Waals surface area contributed by atoms with Crippen LogP contribution in [0.1, 0.15) is 19.8 Å². The van der Waals surface area contributed by atoms with Crippen LogP contribution in [-0.2, 0) is 9.84 Å². The first-order chi connectivity index (χ1) is 8.49. The summed E-state index contributed by atoms with van der Waals surface area (Å²) in [6.45, 7) is 3.87. The first-order valence-electron chi connectivity index (χ1n) is 6.10. The number of rotatable bonds is 7. The molecule has 0 bridgehead atoms. The second-order valence-corrected chi connectivity index (χ2v) is 6.69. The van der Waals surface area contributed by atoms with Gasteiger partial charge < -0.3 is 4.90 Å². The molecule has 0 aromatic heterocycles. The molecule has 18 heavy (non-hydrogen) atoms. The van der Waals surface area contributed by atoms with E-state index in [1.54, 1.807) is 12.1 Å². The number of benzene rings is 1. The summed E-state index contributed by atoms with van der Waals surface area (Å²) in [5.74, 6) is 0.567. The zero-order valence-electron chi connectivity index (χ0n) is 10.9. The highest BCUT2D eigenvalue weighted by Gasteiger charge is 2.09. The fourth-order valence-corrected chi connectivity index (χ4v) is 2.56. The van der Waals surface area contributed by atoms with E-state index in [4.69, 9.17) is 11.6 Å². The molecule has 0 aliphatic rings. The third-order valence-electron chi connectivity index (χ3n) is 2.77. The van der Waals surface area contributed by atoms with Gasteiger partial charge in [0.15, 0.2) is 9.84 Å². The molecule has 0 unspecified atom stereocenters. The summed E-state index contributed by atoms with van der Waals surface area (Å²) in [4.78, 5) is 2.54. The Morgan fingerprint density at radius 3 is 2.22 bits per heavy atom. The predicted molar refractivity (Wildman–Crippen MR) is 77.4 cm³/mol. The van der Waals surface area contributed by atoms with Crippen LogP contribution >= 0.6 is 11.6 Å². The molecule has 5 heteroatoms. The maximum atomic E-state index is 11.4. The minimum atomic E-state index is -3.12. The average molecular weight is 290 g/mol. The minimum Gasteiger partial charge on any atom is -0.370 e. The molecule has 0 heterocycles. The summed E-state index contributed by atoms with van der Waals surface area (Å²) < 4.78 is 22.8. The van der Waals surface area contributed by atoms with Gasteiger partial charge in [0.25, 0.3) is 0 Å². The Morgan fingerprint density at radius 2 is 1.78 bits per heavy atom. The van der Waals surface area contributed by atoms with Crippen molar-refractivity contribution < 1.29 is 8.42 Å². The van der Waals surface area contributed by atoms with Gasteiger partial charge in [0.1, 0.15) is 0 Å². The van der Waals surface area contributed by atoms with Crippen LogP contribution in [0.2, 0.25) is 0 Å². The standard InChI is InChI=1S/C13H20ClNO2S/c1-3-4-10-15(11-9-14)12-5-7-13(8-6-12)18(2,16)17/h5-8H,3-4,9-11H2,1-2H3. The summed E-state index contributed by atoms with van der Waals surface area (Å²) in [5, 5.41) is 0. The highest BCUT2D eigenvalue weighted by atomic mass is 35.5. The lowest BCUT2D eigenvalue weighted by molar-refractivity contribution is 0.602. The van der Waals surface area contributed by atoms with Gasteiger partial charge in [-0.05, 0) is 30.7 Å². The molecule has 0 amide bonds. The molecule has 3 nitrogen and oxygen atoms in total. The molecular weight excluding hydrogens is 270 g/mol. The Labute approximate surface area is 115 Å². The molecule has 0 fully saturated rings. The largest absolute Gasteiger partial charge is 0.370 e. The van der Waals surface area contributed by atoms with Crippen molar-refractivity contribution >= 4 is 27.1 Å². The second-order valence-electron chi connectivity index (χ2n) is 4.30. The molecule has 102 valence electrons. The summed E-state index contributed by atoms with van der Waals surface area (Å²) in [5.41, 5.74) is 1.02. The summed E-state index contributed by atoms with van der Waals surface area (Å²) >= 11 is 5.79. The molecular formula is C13H20ClNO2S. The fourth-order valence-electron chi connectivity index (χ4n) is 1.73. The minimum absolute atomic E-state index is 0.354. The maximum absolute atomic E-state index is 11.4. The van der Waals surface area contributed by atoms with Crippen molar-refractivity contribution in [1.29, 1.82) is 0 Å². The van der Waals surface area contributed by atoms with Gasteiger partial charge in [-0.2, -0.15) is 0 Å². The number of alkyl halides is 1. The van der Waals surface area contributed by atoms with Gasteiger partial charge in [0.2, 0.25) is 0 Å². The van der Waals surface area contributed by atoms with E-state index in [2.05, 4.69) is 11.8 Å². The highest BCUT2D eigenvalue weighted by Crippen LogP contribution is 2.18. The molecule has 0 spiro atoms. The molecule has 0 atom stereocenters. The first-order valence-corrected chi connectivity index (χ1v) is 8.52. The van der Waals surface area contributed by atoms with Crippen LogP contribution in [0.5, 0.6) is 0 Å². The predicted octanol–water partition coefficient (Wildman–Crippen LogP) is 2.94. The zero-order chi connectivity index (χ0) is 13.6. The molecule has 1 aromatic rings. The van der Waals surface area contributed by atoms with Crippen molar-refractivity contribution in [2.24, 2.45) is 0 Å². The van der Waals surface area contributed by atoms with Crippen molar-refractivity contribution in [2.45, 2.75) is 24.7 Å². The third kappa shape index (κ3) is 4.50. The van der Waals surface area contributed by atoms with Gasteiger partial charge in [0, 0.05) is 30.9 Å². The Hall–Kier alpha value is -0.740. The maximum Gasteiger partial charge on any atom is 0.175 e. The molecule has 0 saturated carbocycles. The van der Waals surface area contributed by atoms with E-state index in [1.165, 1.54) is 6.26 Å². The summed E-state index contributed by atoms with van der Waals surface area (Å²) in [7, 11) is -3.12. The number of sulfone groups is 1. The van der Waals surface area contributed by atoms with Crippen molar-refractivity contribution in [1.82, 2.24) is 0 Å². The van der Waals surface area contributed by atoms with Gasteiger partial charge in [-0.3, -0.25) is 0 Å². The van der Waals surface area contributed by atoms with Crippen molar-refractivity contribution in [3.63, 3.8) is 0 Å². The Bertz CT molecular complexity index is 456. The quantitative estimate of drug-likeness (QED) is 0.724. The van der Waals surface area contributed by atoms with E-state index in [9.17, 15) is 8.42 Å². The lowest BCUT2D eigenvalue weighted by Crippen LogP contribution is -2.26. The normalized spacial score (nSPS) is 11.5. The number of unbranched alkanes of at least 4 members (excludes halogenated alkanes) is 1. The number of anilines is 1. The second kappa shape index (κ2) is 7.00. The molecule has 0 radical (unpaired) electrons. The monoisotopic (exact) mass is 289 g/mol. The van der Waals surface area contributed by atoms with Crippen molar-refractivity contribution in [2.75, 3.05) is 30.1 Å². The smallest absolute Gasteiger partial charge is 0.175 e. The Kier molecular flexibility index (Phi) is 5.96. The van der Waals surface area contributed by atoms with Crippen LogP contribution in [-0.4, -0.2) is 33.6 Å². The van der Waals surface area contributed by atoms with Gasteiger partial charge in [-0.15, -0.1) is 11.6 Å². The fraction of sp³-hybridized carbons (Fsp3) is 0.538. The molecule has 0 N–H and O–H groups in total. The van der Waals surface area contributed by atoms with E-state index in [0.717, 1.165) is 31.6 Å². The first kappa shape index (κ1) is 15.3. The van der Waals surface area contributed by atoms with Crippen molar-refractivity contribution in [3.8, 4) is 0 Å². The molecule has 0 aliphatic heterocycles. The van der Waals surface area contributed by atoms with Gasteiger partial charge in [0.05, 0.1) is 4.90 Å². The van der Waals surface area contributed by atoms with Gasteiger partial charge >= 0.3 is 0 Å². The van der Waals surface area contributed by atoms with Gasteiger partial charge in [-0.1, -0.05) is 13.3 Å². The lowest BCUT2D eigenvalue weighted by Gasteiger charge is -2.23.